The third kappa shape index (κ3) is 4.35. The van der Waals surface area contributed by atoms with Crippen LogP contribution in [0.4, 0.5) is 4.79 Å². The highest BCUT2D eigenvalue weighted by Gasteiger charge is 2.35. The summed E-state index contributed by atoms with van der Waals surface area (Å²) in [7, 11) is 0. The molecular formula is C20H21BrN2O3S. The molecule has 7 heteroatoms. The molecule has 2 heterocycles. The monoisotopic (exact) mass is 448 g/mol. The summed E-state index contributed by atoms with van der Waals surface area (Å²) < 4.78 is 6.35. The molecule has 142 valence electrons. The highest BCUT2D eigenvalue weighted by molar-refractivity contribution is 9.10. The van der Waals surface area contributed by atoms with Gasteiger partial charge in [0, 0.05) is 27.9 Å². The van der Waals surface area contributed by atoms with Crippen molar-refractivity contribution in [3.63, 3.8) is 0 Å². The molecule has 0 aliphatic carbocycles. The number of pyridine rings is 1. The first-order valence-electron chi connectivity index (χ1n) is 8.58. The summed E-state index contributed by atoms with van der Waals surface area (Å²) in [5.74, 6) is -0.344. The van der Waals surface area contributed by atoms with Crippen LogP contribution in [0.1, 0.15) is 36.8 Å². The summed E-state index contributed by atoms with van der Waals surface area (Å²) in [4.78, 5) is 32.1. The van der Waals surface area contributed by atoms with Crippen molar-refractivity contribution >= 4 is 39.7 Å². The van der Waals surface area contributed by atoms with Crippen molar-refractivity contribution in [2.75, 3.05) is 12.8 Å². The summed E-state index contributed by atoms with van der Waals surface area (Å²) >= 11 is 4.96. The quantitative estimate of drug-likeness (QED) is 0.593. The lowest BCUT2D eigenvalue weighted by Crippen LogP contribution is -2.45. The predicted octanol–water partition coefficient (Wildman–Crippen LogP) is 5.17. The van der Waals surface area contributed by atoms with E-state index in [2.05, 4.69) is 15.9 Å². The fraction of sp³-hybridized carbons (Fsp3) is 0.350. The van der Waals surface area contributed by atoms with Gasteiger partial charge in [-0.05, 0) is 45.2 Å². The van der Waals surface area contributed by atoms with Gasteiger partial charge in [0.15, 0.2) is 0 Å². The van der Waals surface area contributed by atoms with E-state index in [1.54, 1.807) is 20.8 Å². The van der Waals surface area contributed by atoms with E-state index in [9.17, 15) is 9.59 Å². The first-order valence-corrected chi connectivity index (χ1v) is 10.6. The molecule has 0 bridgehead atoms. The number of carbonyl (C=O) groups excluding carboxylic acids is 2. The van der Waals surface area contributed by atoms with Crippen molar-refractivity contribution in [3.8, 4) is 11.3 Å². The minimum absolute atomic E-state index is 0.267. The van der Waals surface area contributed by atoms with Gasteiger partial charge in [0.1, 0.15) is 5.60 Å². The smallest absolute Gasteiger partial charge is 0.417 e. The zero-order chi connectivity index (χ0) is 19.8. The molecule has 1 aromatic heterocycles. The van der Waals surface area contributed by atoms with Gasteiger partial charge in [-0.15, -0.1) is 11.8 Å². The summed E-state index contributed by atoms with van der Waals surface area (Å²) in [6, 6.07) is 9.80. The highest BCUT2D eigenvalue weighted by Crippen LogP contribution is 2.33. The Labute approximate surface area is 171 Å². The molecule has 0 N–H and O–H groups in total. The molecule has 27 heavy (non-hydrogen) atoms. The minimum atomic E-state index is -0.650. The third-order valence-electron chi connectivity index (χ3n) is 4.04. The van der Waals surface area contributed by atoms with Crippen LogP contribution in [0, 0.1) is 0 Å². The zero-order valence-electron chi connectivity index (χ0n) is 15.7. The molecule has 2 aromatic rings. The second kappa shape index (κ2) is 7.64. The molecule has 0 spiro atoms. The van der Waals surface area contributed by atoms with Crippen LogP contribution >= 0.6 is 27.7 Å². The van der Waals surface area contributed by atoms with Gasteiger partial charge in [-0.25, -0.2) is 9.69 Å². The number of nitrogens with zero attached hydrogens (tertiary/aromatic N) is 2. The number of halogens is 1. The van der Waals surface area contributed by atoms with E-state index >= 15 is 0 Å². The SMILES string of the molecule is CSc1cc(-c2cccc(Br)c2)nc2c1C(=O)N(C(=O)OC(C)(C)C)CC2. The number of hydrogen-bond acceptors (Lipinski definition) is 5. The molecule has 1 aliphatic heterocycles. The van der Waals surface area contributed by atoms with E-state index < -0.39 is 11.7 Å². The van der Waals surface area contributed by atoms with Crippen molar-refractivity contribution in [2.24, 2.45) is 0 Å². The summed E-state index contributed by atoms with van der Waals surface area (Å²) in [6.45, 7) is 5.62. The number of carbonyl (C=O) groups is 2. The molecule has 5 nitrogen and oxygen atoms in total. The van der Waals surface area contributed by atoms with Gasteiger partial charge in [0.2, 0.25) is 0 Å². The number of ether oxygens (including phenoxy) is 1. The van der Waals surface area contributed by atoms with Gasteiger partial charge in [0.05, 0.1) is 17.0 Å². The van der Waals surface area contributed by atoms with Gasteiger partial charge in [-0.1, -0.05) is 28.1 Å². The first kappa shape index (κ1) is 19.9. The normalized spacial score (nSPS) is 14.1. The Morgan fingerprint density at radius 2 is 2.04 bits per heavy atom. The Morgan fingerprint density at radius 1 is 1.30 bits per heavy atom. The fourth-order valence-corrected chi connectivity index (χ4v) is 3.92. The maximum atomic E-state index is 13.0. The van der Waals surface area contributed by atoms with E-state index in [4.69, 9.17) is 9.72 Å². The van der Waals surface area contributed by atoms with E-state index in [0.717, 1.165) is 26.3 Å². The molecule has 2 amide bonds. The average molecular weight is 449 g/mol. The first-order chi connectivity index (χ1) is 12.7. The van der Waals surface area contributed by atoms with E-state index in [0.29, 0.717) is 12.0 Å². The van der Waals surface area contributed by atoms with Crippen molar-refractivity contribution in [1.29, 1.82) is 0 Å². The fourth-order valence-electron chi connectivity index (χ4n) is 2.88. The van der Waals surface area contributed by atoms with Crippen molar-refractivity contribution < 1.29 is 14.3 Å². The summed E-state index contributed by atoms with van der Waals surface area (Å²) in [6.07, 6.45) is 1.82. The molecule has 0 radical (unpaired) electrons. The Hall–Kier alpha value is -1.86. The average Bonchev–Trinajstić information content (AvgIpc) is 2.59. The number of thioether (sulfide) groups is 1. The number of aromatic nitrogens is 1. The Kier molecular flexibility index (Phi) is 5.63. The number of rotatable bonds is 2. The van der Waals surface area contributed by atoms with Gasteiger partial charge in [0.25, 0.3) is 5.91 Å². The topological polar surface area (TPSA) is 59.5 Å². The van der Waals surface area contributed by atoms with Crippen molar-refractivity contribution in [3.05, 3.63) is 46.1 Å². The molecule has 0 saturated carbocycles. The molecular weight excluding hydrogens is 428 g/mol. The van der Waals surface area contributed by atoms with Gasteiger partial charge in [-0.3, -0.25) is 9.78 Å². The number of amides is 2. The lowest BCUT2D eigenvalue weighted by Gasteiger charge is -2.30. The third-order valence-corrected chi connectivity index (χ3v) is 5.30. The maximum absolute atomic E-state index is 13.0. The minimum Gasteiger partial charge on any atom is -0.443 e. The Balaban J connectivity index is 1.99. The van der Waals surface area contributed by atoms with Crippen LogP contribution in [-0.4, -0.2) is 40.3 Å². The molecule has 1 aromatic carbocycles. The van der Waals surface area contributed by atoms with Gasteiger partial charge >= 0.3 is 6.09 Å². The second-order valence-electron chi connectivity index (χ2n) is 7.23. The molecule has 0 atom stereocenters. The van der Waals surface area contributed by atoms with Crippen LogP contribution in [-0.2, 0) is 11.2 Å². The van der Waals surface area contributed by atoms with Crippen LogP contribution in [0.3, 0.4) is 0 Å². The second-order valence-corrected chi connectivity index (χ2v) is 8.99. The standard InChI is InChI=1S/C20H21BrN2O3S/c1-20(2,3)26-19(25)23-9-8-14-17(18(23)24)16(27-4)11-15(22-14)12-6-5-7-13(21)10-12/h5-7,10-11H,8-9H2,1-4H3. The number of fused-ring (bicyclic) bond motifs is 1. The van der Waals surface area contributed by atoms with Crippen LogP contribution in [0.5, 0.6) is 0 Å². The van der Waals surface area contributed by atoms with Crippen molar-refractivity contribution in [1.82, 2.24) is 9.88 Å². The largest absolute Gasteiger partial charge is 0.443 e. The lowest BCUT2D eigenvalue weighted by molar-refractivity contribution is 0.0231. The van der Waals surface area contributed by atoms with E-state index in [1.165, 1.54) is 16.7 Å². The van der Waals surface area contributed by atoms with E-state index in [1.807, 2.05) is 36.6 Å². The van der Waals surface area contributed by atoms with Crippen LogP contribution in [0.25, 0.3) is 11.3 Å². The van der Waals surface area contributed by atoms with E-state index in [-0.39, 0.29) is 12.5 Å². The summed E-state index contributed by atoms with van der Waals surface area (Å²) in [5, 5.41) is 0. The molecule has 0 fully saturated rings. The van der Waals surface area contributed by atoms with Crippen LogP contribution in [0.2, 0.25) is 0 Å². The summed E-state index contributed by atoms with van der Waals surface area (Å²) in [5.41, 5.74) is 2.37. The number of benzene rings is 1. The molecule has 0 unspecified atom stereocenters. The highest BCUT2D eigenvalue weighted by atomic mass is 79.9. The van der Waals surface area contributed by atoms with Gasteiger partial charge < -0.3 is 4.74 Å². The molecule has 0 saturated heterocycles. The Bertz CT molecular complexity index is 891. The number of imide groups is 1. The van der Waals surface area contributed by atoms with Crippen LogP contribution < -0.4 is 0 Å². The molecule has 1 aliphatic rings. The van der Waals surface area contributed by atoms with Crippen LogP contribution in [0.15, 0.2) is 39.7 Å². The van der Waals surface area contributed by atoms with Gasteiger partial charge in [-0.2, -0.15) is 0 Å². The number of hydrogen-bond donors (Lipinski definition) is 0. The van der Waals surface area contributed by atoms with Crippen molar-refractivity contribution in [2.45, 2.75) is 37.7 Å². The zero-order valence-corrected chi connectivity index (χ0v) is 18.1. The maximum Gasteiger partial charge on any atom is 0.417 e. The Morgan fingerprint density at radius 3 is 2.67 bits per heavy atom. The lowest BCUT2D eigenvalue weighted by atomic mass is 10.0. The molecule has 3 rings (SSSR count). The predicted molar refractivity (Wildman–Crippen MR) is 110 cm³/mol.